The van der Waals surface area contributed by atoms with Crippen molar-refractivity contribution in [2.45, 2.75) is 12.0 Å². The van der Waals surface area contributed by atoms with Crippen molar-refractivity contribution in [3.05, 3.63) is 230 Å². The average Bonchev–Trinajstić information content (AvgIpc) is 3.66. The molecule has 0 spiro atoms. The highest BCUT2D eigenvalue weighted by Crippen LogP contribution is 2.49. The summed E-state index contributed by atoms with van der Waals surface area (Å²) in [6, 6.07) is 71.8. The molecule has 2 heterocycles. The van der Waals surface area contributed by atoms with Crippen molar-refractivity contribution in [3.63, 3.8) is 0 Å². The molecule has 3 heteroatoms. The Labute approximate surface area is 345 Å². The first-order chi connectivity index (χ1) is 29.2. The van der Waals surface area contributed by atoms with Crippen molar-refractivity contribution in [1.82, 2.24) is 9.97 Å². The monoisotopic (exact) mass is 753 g/mol. The van der Waals surface area contributed by atoms with E-state index in [4.69, 9.17) is 9.97 Å². The number of nitrogens with zero attached hydrogens (tertiary/aromatic N) is 3. The number of hydrogen-bond donors (Lipinski definition) is 0. The number of aromatic nitrogens is 2. The third kappa shape index (κ3) is 6.34. The summed E-state index contributed by atoms with van der Waals surface area (Å²) >= 11 is 0. The second kappa shape index (κ2) is 14.7. The van der Waals surface area contributed by atoms with E-state index in [-0.39, 0.29) is 6.04 Å². The van der Waals surface area contributed by atoms with Gasteiger partial charge in [-0.15, -0.1) is 0 Å². The van der Waals surface area contributed by atoms with Crippen LogP contribution in [0.4, 0.5) is 11.4 Å². The minimum atomic E-state index is 0.274. The van der Waals surface area contributed by atoms with Crippen molar-refractivity contribution in [3.8, 4) is 67.3 Å². The van der Waals surface area contributed by atoms with Crippen LogP contribution in [0.25, 0.3) is 78.1 Å². The van der Waals surface area contributed by atoms with Crippen molar-refractivity contribution in [2.75, 3.05) is 4.90 Å². The van der Waals surface area contributed by atoms with Gasteiger partial charge >= 0.3 is 0 Å². The summed E-state index contributed by atoms with van der Waals surface area (Å²) in [4.78, 5) is 12.9. The van der Waals surface area contributed by atoms with Crippen LogP contribution in [-0.2, 0) is 0 Å². The van der Waals surface area contributed by atoms with Gasteiger partial charge in [0.05, 0.1) is 17.4 Å². The largest absolute Gasteiger partial charge is 0.333 e. The highest BCUT2D eigenvalue weighted by atomic mass is 15.2. The number of benzene rings is 8. The smallest absolute Gasteiger partial charge is 0.160 e. The molecule has 8 aromatic carbocycles. The highest BCUT2D eigenvalue weighted by Gasteiger charge is 2.37. The first-order valence-electron chi connectivity index (χ1n) is 20.3. The van der Waals surface area contributed by atoms with Crippen LogP contribution < -0.4 is 4.90 Å². The fraction of sp³-hybridized carbons (Fsp3) is 0.0357. The molecule has 11 rings (SSSR count). The molecule has 0 bridgehead atoms. The van der Waals surface area contributed by atoms with E-state index < -0.39 is 0 Å². The Balaban J connectivity index is 0.969. The second-order valence-electron chi connectivity index (χ2n) is 15.3. The van der Waals surface area contributed by atoms with Crippen LogP contribution in [0.15, 0.2) is 224 Å². The molecule has 1 aliphatic heterocycles. The van der Waals surface area contributed by atoms with E-state index in [1.807, 2.05) is 18.2 Å². The van der Waals surface area contributed by atoms with Crippen LogP contribution >= 0.6 is 0 Å². The Kier molecular flexibility index (Phi) is 8.63. The van der Waals surface area contributed by atoms with Gasteiger partial charge in [-0.2, -0.15) is 0 Å². The molecule has 59 heavy (non-hydrogen) atoms. The lowest BCUT2D eigenvalue weighted by Gasteiger charge is -2.28. The highest BCUT2D eigenvalue weighted by molar-refractivity contribution is 6.05. The number of anilines is 2. The Morgan fingerprint density at radius 2 is 0.932 bits per heavy atom. The molecule has 1 aromatic heterocycles. The van der Waals surface area contributed by atoms with Gasteiger partial charge < -0.3 is 4.90 Å². The third-order valence-electron chi connectivity index (χ3n) is 11.8. The number of para-hydroxylation sites is 1. The number of allylic oxidation sites excluding steroid dienone is 2. The van der Waals surface area contributed by atoms with E-state index in [1.165, 1.54) is 50.1 Å². The fourth-order valence-corrected chi connectivity index (χ4v) is 8.96. The van der Waals surface area contributed by atoms with Gasteiger partial charge in [0.25, 0.3) is 0 Å². The molecule has 0 fully saturated rings. The standard InChI is InChI=1S/C56H39N3/c1-4-15-38(16-5-1)42-19-14-20-44(35-42)52-37-53(58-56(57-52)41-17-6-2-7-18-41)49-34-33-46(47-23-10-11-24-48(47)49)40-29-27-39(28-30-40)43-31-32-51-50-25-12-13-26-54(50)59(55(51)36-43)45-21-8-3-9-22-45/h1-37,50,54H. The van der Waals surface area contributed by atoms with Crippen LogP contribution in [0.3, 0.4) is 0 Å². The van der Waals surface area contributed by atoms with Gasteiger partial charge in [-0.3, -0.25) is 0 Å². The summed E-state index contributed by atoms with van der Waals surface area (Å²) in [6.45, 7) is 0. The average molecular weight is 754 g/mol. The maximum atomic E-state index is 5.23. The summed E-state index contributed by atoms with van der Waals surface area (Å²) < 4.78 is 0. The van der Waals surface area contributed by atoms with Crippen molar-refractivity contribution in [2.24, 2.45) is 0 Å². The molecule has 1 aliphatic carbocycles. The topological polar surface area (TPSA) is 29.0 Å². The predicted octanol–water partition coefficient (Wildman–Crippen LogP) is 14.4. The SMILES string of the molecule is C1=CC2c3ccc(-c4ccc(-c5ccc(-c6cc(-c7cccc(-c8ccccc8)c7)nc(-c7ccccc7)n6)c6ccccc56)cc4)cc3N(c3ccccc3)C2C=C1. The van der Waals surface area contributed by atoms with Gasteiger partial charge in [0.1, 0.15) is 0 Å². The molecule has 9 aromatic rings. The third-order valence-corrected chi connectivity index (χ3v) is 11.8. The Hall–Kier alpha value is -7.62. The quantitative estimate of drug-likeness (QED) is 0.162. The lowest BCUT2D eigenvalue weighted by molar-refractivity contribution is 0.745. The zero-order valence-corrected chi connectivity index (χ0v) is 32.4. The van der Waals surface area contributed by atoms with Crippen LogP contribution in [0.5, 0.6) is 0 Å². The van der Waals surface area contributed by atoms with Crippen LogP contribution in [0.1, 0.15) is 11.5 Å². The van der Waals surface area contributed by atoms with E-state index in [1.54, 1.807) is 0 Å². The van der Waals surface area contributed by atoms with Crippen LogP contribution in [-0.4, -0.2) is 16.0 Å². The molecule has 0 saturated heterocycles. The maximum absolute atomic E-state index is 5.23. The fourth-order valence-electron chi connectivity index (χ4n) is 8.96. The van der Waals surface area contributed by atoms with E-state index in [9.17, 15) is 0 Å². The Bertz CT molecular complexity index is 3040. The second-order valence-corrected chi connectivity index (χ2v) is 15.3. The molecule has 2 unspecified atom stereocenters. The molecule has 0 amide bonds. The first-order valence-corrected chi connectivity index (χ1v) is 20.3. The van der Waals surface area contributed by atoms with E-state index >= 15 is 0 Å². The van der Waals surface area contributed by atoms with Crippen molar-refractivity contribution < 1.29 is 0 Å². The van der Waals surface area contributed by atoms with Gasteiger partial charge in [-0.1, -0.05) is 194 Å². The zero-order chi connectivity index (χ0) is 39.1. The predicted molar refractivity (Wildman–Crippen MR) is 246 cm³/mol. The van der Waals surface area contributed by atoms with E-state index in [0.29, 0.717) is 11.7 Å². The Morgan fingerprint density at radius 3 is 1.71 bits per heavy atom. The summed E-state index contributed by atoms with van der Waals surface area (Å²) in [5, 5.41) is 2.34. The lowest BCUT2D eigenvalue weighted by Crippen LogP contribution is -2.28. The van der Waals surface area contributed by atoms with Crippen LogP contribution in [0.2, 0.25) is 0 Å². The summed E-state index contributed by atoms with van der Waals surface area (Å²) in [6.07, 6.45) is 9.03. The molecule has 0 radical (unpaired) electrons. The van der Waals surface area contributed by atoms with Crippen molar-refractivity contribution in [1.29, 1.82) is 0 Å². The van der Waals surface area contributed by atoms with Gasteiger partial charge in [-0.05, 0) is 80.0 Å². The number of rotatable bonds is 7. The van der Waals surface area contributed by atoms with E-state index in [2.05, 4.69) is 211 Å². The summed E-state index contributed by atoms with van der Waals surface area (Å²) in [5.41, 5.74) is 15.9. The number of hydrogen-bond acceptors (Lipinski definition) is 3. The normalized spacial score (nSPS) is 15.3. The van der Waals surface area contributed by atoms with Gasteiger partial charge in [0.15, 0.2) is 5.82 Å². The minimum Gasteiger partial charge on any atom is -0.333 e. The van der Waals surface area contributed by atoms with Gasteiger partial charge in [0, 0.05) is 34.0 Å². The van der Waals surface area contributed by atoms with Gasteiger partial charge in [0.2, 0.25) is 0 Å². The molecular formula is C56H39N3. The summed E-state index contributed by atoms with van der Waals surface area (Å²) in [5.74, 6) is 1.05. The molecule has 0 N–H and O–H groups in total. The zero-order valence-electron chi connectivity index (χ0n) is 32.4. The minimum absolute atomic E-state index is 0.274. The Morgan fingerprint density at radius 1 is 0.373 bits per heavy atom. The first kappa shape index (κ1) is 34.6. The van der Waals surface area contributed by atoms with Gasteiger partial charge in [-0.25, -0.2) is 9.97 Å². The molecule has 3 nitrogen and oxygen atoms in total. The maximum Gasteiger partial charge on any atom is 0.160 e. The molecule has 2 aliphatic rings. The molecular weight excluding hydrogens is 715 g/mol. The van der Waals surface area contributed by atoms with Crippen LogP contribution in [0, 0.1) is 0 Å². The van der Waals surface area contributed by atoms with E-state index in [0.717, 1.165) is 39.0 Å². The number of fused-ring (bicyclic) bond motifs is 4. The van der Waals surface area contributed by atoms with Crippen molar-refractivity contribution >= 4 is 22.1 Å². The molecule has 2 atom stereocenters. The molecule has 278 valence electrons. The lowest BCUT2D eigenvalue weighted by atomic mass is 9.90. The molecule has 0 saturated carbocycles. The summed E-state index contributed by atoms with van der Waals surface area (Å²) in [7, 11) is 0.